The summed E-state index contributed by atoms with van der Waals surface area (Å²) in [4.78, 5) is 2.55. The zero-order valence-corrected chi connectivity index (χ0v) is 37.4. The zero-order valence-electron chi connectivity index (χ0n) is 37.4. The molecule has 69 heavy (non-hydrogen) atoms. The average Bonchev–Trinajstić information content (AvgIpc) is 3.87. The van der Waals surface area contributed by atoms with Crippen molar-refractivity contribution in [3.8, 4) is 56.4 Å². The average molecular weight is 880 g/mol. The molecule has 0 amide bonds. The van der Waals surface area contributed by atoms with Gasteiger partial charge in [-0.15, -0.1) is 0 Å². The van der Waals surface area contributed by atoms with E-state index < -0.39 is 10.8 Å². The second-order valence-electron chi connectivity index (χ2n) is 18.6. The maximum Gasteiger partial charge on any atom is 0.132 e. The minimum atomic E-state index is -0.636. The minimum Gasteiger partial charge on any atom is -0.457 e. The van der Waals surface area contributed by atoms with Crippen LogP contribution in [0, 0.1) is 0 Å². The van der Waals surface area contributed by atoms with Crippen LogP contribution in [0.15, 0.2) is 249 Å². The monoisotopic (exact) mass is 879 g/mol. The molecule has 0 fully saturated rings. The fourth-order valence-corrected chi connectivity index (χ4v) is 12.8. The molecule has 2 aliphatic carbocycles. The number of nitrogens with zero attached hydrogens (tertiary/aromatic N) is 1. The van der Waals surface area contributed by atoms with Gasteiger partial charge in [-0.1, -0.05) is 200 Å². The highest BCUT2D eigenvalue weighted by molar-refractivity contribution is 6.08. The highest BCUT2D eigenvalue weighted by Crippen LogP contribution is 2.66. The summed E-state index contributed by atoms with van der Waals surface area (Å²) in [7, 11) is 0. The first-order valence-electron chi connectivity index (χ1n) is 23.8. The Labute approximate surface area is 400 Å². The van der Waals surface area contributed by atoms with Gasteiger partial charge in [0.25, 0.3) is 0 Å². The molecule has 2 heterocycles. The predicted molar refractivity (Wildman–Crippen MR) is 279 cm³/mol. The van der Waals surface area contributed by atoms with Gasteiger partial charge in [-0.25, -0.2) is 0 Å². The SMILES string of the molecule is c1ccc(-c2ccc(N(c3ccc4c(c3)C3(c5ccccc5Oc5ccccc53)c3ccccc3-4)c3cccc4c3-c3ccccc3C43c4ccccc4Oc4ccccc43)c3ccccc23)cc1. The quantitative estimate of drug-likeness (QED) is 0.176. The Hall–Kier alpha value is -8.92. The molecule has 0 saturated heterocycles. The Morgan fingerprint density at radius 3 is 1.35 bits per heavy atom. The van der Waals surface area contributed by atoms with Crippen LogP contribution in [-0.2, 0) is 10.8 Å². The van der Waals surface area contributed by atoms with E-state index in [1.54, 1.807) is 0 Å². The Balaban J connectivity index is 1.06. The van der Waals surface area contributed by atoms with Crippen LogP contribution in [0.1, 0.15) is 44.5 Å². The summed E-state index contributed by atoms with van der Waals surface area (Å²) in [6.45, 7) is 0. The molecule has 0 atom stereocenters. The Bertz CT molecular complexity index is 3850. The van der Waals surface area contributed by atoms with E-state index in [1.807, 2.05) is 0 Å². The molecular weight excluding hydrogens is 839 g/mol. The molecule has 4 aliphatic rings. The van der Waals surface area contributed by atoms with Crippen molar-refractivity contribution in [1.29, 1.82) is 0 Å². The maximum absolute atomic E-state index is 6.78. The van der Waals surface area contributed by atoms with Crippen molar-refractivity contribution in [3.63, 3.8) is 0 Å². The van der Waals surface area contributed by atoms with Crippen LogP contribution in [0.25, 0.3) is 44.2 Å². The summed E-state index contributed by atoms with van der Waals surface area (Å²) in [5, 5.41) is 2.36. The summed E-state index contributed by atoms with van der Waals surface area (Å²) in [6.07, 6.45) is 0. The fraction of sp³-hybridized carbons (Fsp3) is 0.0303. The van der Waals surface area contributed by atoms with Gasteiger partial charge in [0.15, 0.2) is 0 Å². The molecule has 0 aromatic heterocycles. The van der Waals surface area contributed by atoms with Gasteiger partial charge in [-0.05, 0) is 104 Å². The molecule has 3 nitrogen and oxygen atoms in total. The van der Waals surface area contributed by atoms with E-state index in [9.17, 15) is 0 Å². The number of rotatable bonds is 4. The molecule has 2 aliphatic heterocycles. The molecule has 0 N–H and O–H groups in total. The number of hydrogen-bond acceptors (Lipinski definition) is 3. The summed E-state index contributed by atoms with van der Waals surface area (Å²) in [5.74, 6) is 3.51. The molecule has 15 rings (SSSR count). The zero-order chi connectivity index (χ0) is 45.3. The lowest BCUT2D eigenvalue weighted by Gasteiger charge is -2.40. The van der Waals surface area contributed by atoms with E-state index in [0.717, 1.165) is 62.3 Å². The summed E-state index contributed by atoms with van der Waals surface area (Å²) in [6, 6.07) is 91.0. The van der Waals surface area contributed by atoms with Crippen molar-refractivity contribution in [3.05, 3.63) is 293 Å². The molecule has 0 radical (unpaired) electrons. The van der Waals surface area contributed by atoms with Crippen molar-refractivity contribution in [2.24, 2.45) is 0 Å². The standard InChI is InChI=1S/C66H41NO2/c1-2-19-42(20-3-1)44-39-40-58(48-23-5-4-21-45(44)48)67(43-37-38-47-46-22-6-8-25-50(46)66(57(47)41-43)54-29-12-16-35-62(54)69-63-36-17-13-30-55(63)66)59-32-18-31-56-64(59)49-24-7-9-26-51(49)65(56)52-27-10-14-33-60(52)68-61-34-15-11-28-53(61)65/h1-41H. The molecule has 322 valence electrons. The van der Waals surface area contributed by atoms with E-state index in [2.05, 4.69) is 254 Å². The highest BCUT2D eigenvalue weighted by Gasteiger charge is 2.53. The van der Waals surface area contributed by atoms with Gasteiger partial charge in [-0.3, -0.25) is 0 Å². The lowest BCUT2D eigenvalue weighted by Crippen LogP contribution is -2.32. The van der Waals surface area contributed by atoms with Crippen LogP contribution in [0.3, 0.4) is 0 Å². The molecule has 11 aromatic carbocycles. The van der Waals surface area contributed by atoms with Crippen molar-refractivity contribution in [2.75, 3.05) is 4.90 Å². The van der Waals surface area contributed by atoms with E-state index in [4.69, 9.17) is 9.47 Å². The number of benzene rings is 11. The van der Waals surface area contributed by atoms with Crippen LogP contribution in [0.4, 0.5) is 17.1 Å². The van der Waals surface area contributed by atoms with Gasteiger partial charge in [0.2, 0.25) is 0 Å². The van der Waals surface area contributed by atoms with Gasteiger partial charge < -0.3 is 14.4 Å². The van der Waals surface area contributed by atoms with E-state index in [0.29, 0.717) is 0 Å². The second kappa shape index (κ2) is 14.3. The van der Waals surface area contributed by atoms with Crippen molar-refractivity contribution in [1.82, 2.24) is 0 Å². The molecule has 3 heteroatoms. The fourth-order valence-electron chi connectivity index (χ4n) is 12.8. The lowest BCUT2D eigenvalue weighted by molar-refractivity contribution is 0.436. The van der Waals surface area contributed by atoms with E-state index in [1.165, 1.54) is 66.4 Å². The third kappa shape index (κ3) is 5.01. The Kier molecular flexibility index (Phi) is 7.92. The molecule has 2 spiro atoms. The third-order valence-corrected chi connectivity index (χ3v) is 15.4. The molecule has 0 unspecified atom stereocenters. The summed E-state index contributed by atoms with van der Waals surface area (Å²) < 4.78 is 13.5. The van der Waals surface area contributed by atoms with Crippen molar-refractivity contribution < 1.29 is 9.47 Å². The normalized spacial score (nSPS) is 14.3. The van der Waals surface area contributed by atoms with Crippen LogP contribution in [-0.4, -0.2) is 0 Å². The summed E-state index contributed by atoms with van der Waals surface area (Å²) in [5.41, 5.74) is 18.8. The van der Waals surface area contributed by atoms with Gasteiger partial charge >= 0.3 is 0 Å². The smallest absolute Gasteiger partial charge is 0.132 e. The van der Waals surface area contributed by atoms with Gasteiger partial charge in [0.1, 0.15) is 23.0 Å². The Morgan fingerprint density at radius 1 is 0.275 bits per heavy atom. The van der Waals surface area contributed by atoms with Crippen LogP contribution in [0.2, 0.25) is 0 Å². The Morgan fingerprint density at radius 2 is 0.725 bits per heavy atom. The molecular formula is C66H41NO2. The molecule has 11 aromatic rings. The summed E-state index contributed by atoms with van der Waals surface area (Å²) >= 11 is 0. The van der Waals surface area contributed by atoms with Crippen molar-refractivity contribution >= 4 is 27.8 Å². The maximum atomic E-state index is 6.78. The first-order chi connectivity index (χ1) is 34.2. The first-order valence-corrected chi connectivity index (χ1v) is 23.8. The van der Waals surface area contributed by atoms with Gasteiger partial charge in [0.05, 0.1) is 22.2 Å². The van der Waals surface area contributed by atoms with Crippen LogP contribution >= 0.6 is 0 Å². The topological polar surface area (TPSA) is 21.7 Å². The van der Waals surface area contributed by atoms with Crippen LogP contribution in [0.5, 0.6) is 23.0 Å². The minimum absolute atomic E-state index is 0.628. The second-order valence-corrected chi connectivity index (χ2v) is 18.6. The highest BCUT2D eigenvalue weighted by atomic mass is 16.5. The molecule has 0 saturated carbocycles. The van der Waals surface area contributed by atoms with E-state index >= 15 is 0 Å². The van der Waals surface area contributed by atoms with Gasteiger partial charge in [-0.2, -0.15) is 0 Å². The lowest BCUT2D eigenvalue weighted by atomic mass is 9.66. The largest absolute Gasteiger partial charge is 0.457 e. The number of hydrogen-bond donors (Lipinski definition) is 0. The number of fused-ring (bicyclic) bond motifs is 19. The number of anilines is 3. The first kappa shape index (κ1) is 38.2. The van der Waals surface area contributed by atoms with Crippen LogP contribution < -0.4 is 14.4 Å². The number of para-hydroxylation sites is 4. The van der Waals surface area contributed by atoms with Crippen molar-refractivity contribution in [2.45, 2.75) is 10.8 Å². The van der Waals surface area contributed by atoms with Gasteiger partial charge in [0, 0.05) is 38.9 Å². The van der Waals surface area contributed by atoms with E-state index in [-0.39, 0.29) is 0 Å². The predicted octanol–water partition coefficient (Wildman–Crippen LogP) is 16.9. The molecule has 0 bridgehead atoms. The number of ether oxygens (including phenoxy) is 2. The third-order valence-electron chi connectivity index (χ3n) is 15.4.